The molecule has 3 aliphatic rings. The summed E-state index contributed by atoms with van der Waals surface area (Å²) in [5.41, 5.74) is 0.391. The number of fused-ring (bicyclic) bond motifs is 4. The first-order valence-electron chi connectivity index (χ1n) is 14.0. The molecule has 0 radical (unpaired) electrons. The molecular weight excluding hydrogens is 460 g/mol. The second-order valence-corrected chi connectivity index (χ2v) is 12.1. The fourth-order valence-corrected chi connectivity index (χ4v) is 9.24. The summed E-state index contributed by atoms with van der Waals surface area (Å²) in [5.74, 6) is 0.706. The van der Waals surface area contributed by atoms with Crippen LogP contribution >= 0.6 is 0 Å². The Morgan fingerprint density at radius 2 is 1.92 bits per heavy atom. The molecule has 0 aliphatic heterocycles. The Morgan fingerprint density at radius 3 is 2.64 bits per heavy atom. The quantitative estimate of drug-likeness (QED) is 0.409. The summed E-state index contributed by atoms with van der Waals surface area (Å²) < 4.78 is 33.6. The highest BCUT2D eigenvalue weighted by Gasteiger charge is 2.61. The first-order valence-corrected chi connectivity index (χ1v) is 14.0. The molecule has 5 nitrogen and oxygen atoms in total. The molecule has 0 spiro atoms. The number of carbonyl (C=O) groups is 1. The number of halogens is 2. The smallest absolute Gasteiger partial charge is 0.188 e. The summed E-state index contributed by atoms with van der Waals surface area (Å²) >= 11 is 0. The van der Waals surface area contributed by atoms with E-state index in [1.807, 2.05) is 7.11 Å². The maximum atomic E-state index is 14.1. The summed E-state index contributed by atoms with van der Waals surface area (Å²) in [5, 5.41) is 8.37. The molecule has 0 N–H and O–H groups in total. The first-order chi connectivity index (χ1) is 17.3. The minimum Gasteiger partial charge on any atom is -0.384 e. The van der Waals surface area contributed by atoms with E-state index in [4.69, 9.17) is 4.74 Å². The normalized spacial score (nSPS) is 36.1. The molecule has 3 fully saturated rings. The molecular formula is C29H41F2N3O2. The third-order valence-electron chi connectivity index (χ3n) is 10.6. The van der Waals surface area contributed by atoms with Crippen LogP contribution < -0.4 is 0 Å². The van der Waals surface area contributed by atoms with E-state index in [1.54, 1.807) is 0 Å². The molecule has 1 aromatic heterocycles. The van der Waals surface area contributed by atoms with E-state index in [1.165, 1.54) is 43.0 Å². The molecule has 7 unspecified atom stereocenters. The fraction of sp³-hybridized carbons (Fsp3) is 0.759. The third-order valence-corrected chi connectivity index (χ3v) is 10.6. The monoisotopic (exact) mass is 501 g/mol. The average molecular weight is 502 g/mol. The predicted molar refractivity (Wildman–Crippen MR) is 135 cm³/mol. The van der Waals surface area contributed by atoms with E-state index in [-0.39, 0.29) is 40.1 Å². The summed E-state index contributed by atoms with van der Waals surface area (Å²) in [6, 6.07) is 2.46. The van der Waals surface area contributed by atoms with Gasteiger partial charge in [-0.3, -0.25) is 4.79 Å². The van der Waals surface area contributed by atoms with Crippen LogP contribution in [0.2, 0.25) is 0 Å². The Morgan fingerprint density at radius 1 is 1.11 bits per heavy atom. The van der Waals surface area contributed by atoms with E-state index >= 15 is 0 Å². The van der Waals surface area contributed by atoms with Crippen LogP contribution in [0.5, 0.6) is 0 Å². The first kappa shape index (κ1) is 25.7. The van der Waals surface area contributed by atoms with Crippen LogP contribution in [0, 0.1) is 52.1 Å². The number of methoxy groups -OCH3 is 1. The second-order valence-electron chi connectivity index (χ2n) is 12.1. The van der Waals surface area contributed by atoms with Crippen LogP contribution in [0.25, 0.3) is 11.0 Å². The van der Waals surface area contributed by atoms with Crippen molar-refractivity contribution in [3.05, 3.63) is 23.8 Å². The molecule has 3 aliphatic carbocycles. The number of rotatable bonds is 8. The lowest BCUT2D eigenvalue weighted by molar-refractivity contribution is -0.144. The van der Waals surface area contributed by atoms with Gasteiger partial charge in [0.15, 0.2) is 22.9 Å². The van der Waals surface area contributed by atoms with E-state index in [2.05, 4.69) is 31.0 Å². The molecule has 0 bridgehead atoms. The number of hydrogen-bond donors (Lipinski definition) is 0. The van der Waals surface area contributed by atoms with E-state index in [0.717, 1.165) is 38.4 Å². The van der Waals surface area contributed by atoms with Crippen molar-refractivity contribution >= 4 is 16.8 Å². The molecule has 7 atom stereocenters. The van der Waals surface area contributed by atoms with Gasteiger partial charge in [-0.15, -0.1) is 5.10 Å². The average Bonchev–Trinajstić information content (AvgIpc) is 3.43. The molecule has 0 amide bonds. The molecule has 36 heavy (non-hydrogen) atoms. The van der Waals surface area contributed by atoms with Gasteiger partial charge >= 0.3 is 0 Å². The van der Waals surface area contributed by atoms with Gasteiger partial charge in [0.1, 0.15) is 12.1 Å². The number of ether oxygens (including phenoxy) is 1. The zero-order valence-corrected chi connectivity index (χ0v) is 22.2. The van der Waals surface area contributed by atoms with Crippen LogP contribution in [0.3, 0.4) is 0 Å². The maximum absolute atomic E-state index is 14.1. The number of nitrogens with zero attached hydrogens (tertiary/aromatic N) is 3. The van der Waals surface area contributed by atoms with Crippen molar-refractivity contribution in [2.24, 2.45) is 40.4 Å². The van der Waals surface area contributed by atoms with Gasteiger partial charge in [0.2, 0.25) is 0 Å². The summed E-state index contributed by atoms with van der Waals surface area (Å²) in [4.78, 5) is 14.9. The van der Waals surface area contributed by atoms with Crippen molar-refractivity contribution in [1.82, 2.24) is 15.0 Å². The maximum Gasteiger partial charge on any atom is 0.188 e. The number of hydrogen-bond acceptors (Lipinski definition) is 4. The number of benzene rings is 1. The van der Waals surface area contributed by atoms with Crippen LogP contribution in [0.1, 0.15) is 78.6 Å². The Bertz CT molecular complexity index is 1110. The number of ketones is 1. The Labute approximate surface area is 213 Å². The summed E-state index contributed by atoms with van der Waals surface area (Å²) in [7, 11) is 1.86. The van der Waals surface area contributed by atoms with Crippen molar-refractivity contribution in [3.63, 3.8) is 0 Å². The largest absolute Gasteiger partial charge is 0.384 e. The topological polar surface area (TPSA) is 57.0 Å². The molecule has 1 heterocycles. The van der Waals surface area contributed by atoms with Crippen LogP contribution in [0.4, 0.5) is 8.78 Å². The van der Waals surface area contributed by atoms with Gasteiger partial charge in [-0.2, -0.15) is 9.90 Å². The molecule has 7 heteroatoms. The highest BCUT2D eigenvalue weighted by Crippen LogP contribution is 2.66. The Kier molecular flexibility index (Phi) is 6.99. The molecule has 2 aromatic rings. The fourth-order valence-electron chi connectivity index (χ4n) is 9.24. The van der Waals surface area contributed by atoms with Gasteiger partial charge in [-0.05, 0) is 91.6 Å². The van der Waals surface area contributed by atoms with Crippen LogP contribution in [0.15, 0.2) is 12.1 Å². The van der Waals surface area contributed by atoms with Crippen LogP contribution in [-0.2, 0) is 16.1 Å². The van der Waals surface area contributed by atoms with E-state index in [9.17, 15) is 13.6 Å². The van der Waals surface area contributed by atoms with Crippen molar-refractivity contribution in [1.29, 1.82) is 0 Å². The molecule has 0 saturated heterocycles. The van der Waals surface area contributed by atoms with Gasteiger partial charge in [0, 0.05) is 13.0 Å². The number of Topliss-reactive ketones (excluding diaryl/α,β-unsaturated/α-hetero) is 1. The third kappa shape index (κ3) is 3.91. The van der Waals surface area contributed by atoms with Gasteiger partial charge < -0.3 is 4.74 Å². The molecule has 1 aromatic carbocycles. The number of carbonyl (C=O) groups excluding carboxylic acids is 1. The zero-order valence-electron chi connectivity index (χ0n) is 22.2. The predicted octanol–water partition coefficient (Wildman–Crippen LogP) is 6.59. The van der Waals surface area contributed by atoms with Gasteiger partial charge in [0.05, 0.1) is 6.61 Å². The lowest BCUT2D eigenvalue weighted by atomic mass is 9.45. The molecule has 5 rings (SSSR count). The van der Waals surface area contributed by atoms with Gasteiger partial charge in [-0.25, -0.2) is 8.78 Å². The minimum absolute atomic E-state index is 0.0121. The zero-order chi connectivity index (χ0) is 25.7. The van der Waals surface area contributed by atoms with Crippen LogP contribution in [-0.4, -0.2) is 34.5 Å². The van der Waals surface area contributed by atoms with E-state index < -0.39 is 11.6 Å². The highest BCUT2D eigenvalue weighted by molar-refractivity contribution is 5.82. The minimum atomic E-state index is -1.01. The standard InChI is InChI=1S/C29H41F2N3O2/c1-5-14-29(17-36-4)18(6-2)7-8-19-20-9-10-22(28(20,3)15-13-21(19)29)25(35)16-34-32-24-12-11-23(30)26(31)27(24)33-34/h11-12,18-22H,5-10,13-17H2,1-4H3. The van der Waals surface area contributed by atoms with Crippen molar-refractivity contribution in [3.8, 4) is 0 Å². The summed E-state index contributed by atoms with van der Waals surface area (Å²) in [6.45, 7) is 7.85. The van der Waals surface area contributed by atoms with E-state index in [0.29, 0.717) is 23.7 Å². The number of aromatic nitrogens is 3. The Hall–Kier alpha value is -1.89. The lowest BCUT2D eigenvalue weighted by Crippen LogP contribution is -2.55. The SMILES string of the molecule is CCCC1(COC)C(CC)CCC2C3CCC(C(=O)Cn4nc5ccc(F)c(F)c5n4)C3(C)CCC21. The lowest BCUT2D eigenvalue weighted by Gasteiger charge is -2.60. The highest BCUT2D eigenvalue weighted by atomic mass is 19.2. The van der Waals surface area contributed by atoms with Crippen molar-refractivity contribution in [2.75, 3.05) is 13.7 Å². The van der Waals surface area contributed by atoms with Crippen molar-refractivity contribution in [2.45, 2.75) is 85.1 Å². The Balaban J connectivity index is 1.37. The van der Waals surface area contributed by atoms with Crippen molar-refractivity contribution < 1.29 is 18.3 Å². The van der Waals surface area contributed by atoms with Gasteiger partial charge in [0.25, 0.3) is 0 Å². The van der Waals surface area contributed by atoms with Gasteiger partial charge in [-0.1, -0.05) is 33.6 Å². The molecule has 3 saturated carbocycles. The second kappa shape index (κ2) is 9.77. The summed E-state index contributed by atoms with van der Waals surface area (Å²) in [6.07, 6.45) is 10.4. The molecule has 198 valence electrons.